The van der Waals surface area contributed by atoms with E-state index in [1.54, 1.807) is 43.3 Å². The minimum absolute atomic E-state index is 0.0116. The maximum Gasteiger partial charge on any atom is 0.242 e. The number of hydrogen-bond donors (Lipinski definition) is 2. The number of aromatic nitrogens is 2. The number of unbranched alkanes of at least 4 members (excludes halogenated alkanes) is 2. The highest BCUT2D eigenvalue weighted by molar-refractivity contribution is 7.16. The van der Waals surface area contributed by atoms with Gasteiger partial charge in [0, 0.05) is 17.9 Å². The summed E-state index contributed by atoms with van der Waals surface area (Å²) in [7, 11) is 1.51. The summed E-state index contributed by atoms with van der Waals surface area (Å²) in [6.45, 7) is 5.75. The van der Waals surface area contributed by atoms with Crippen molar-refractivity contribution < 1.29 is 33.7 Å². The van der Waals surface area contributed by atoms with E-state index in [0.29, 0.717) is 45.2 Å². The Hall–Kier alpha value is -4.57. The van der Waals surface area contributed by atoms with Crippen molar-refractivity contribution in [1.82, 2.24) is 9.55 Å². The number of ketones is 2. The lowest BCUT2D eigenvalue weighted by molar-refractivity contribution is 0.100. The molecule has 0 fully saturated rings. The quantitative estimate of drug-likeness (QED) is 0.127. The van der Waals surface area contributed by atoms with Crippen molar-refractivity contribution in [2.45, 2.75) is 40.0 Å². The van der Waals surface area contributed by atoms with E-state index in [2.05, 4.69) is 11.9 Å². The molecule has 0 unspecified atom stereocenters. The van der Waals surface area contributed by atoms with Crippen molar-refractivity contribution >= 4 is 33.9 Å². The molecular weight excluding hydrogens is 544 g/mol. The highest BCUT2D eigenvalue weighted by Crippen LogP contribution is 2.46. The summed E-state index contributed by atoms with van der Waals surface area (Å²) in [5.41, 5.74) is 1.39. The number of ether oxygens (including phenoxy) is 2. The van der Waals surface area contributed by atoms with Gasteiger partial charge in [-0.2, -0.15) is 0 Å². The van der Waals surface area contributed by atoms with Gasteiger partial charge in [0.25, 0.3) is 0 Å². The molecule has 2 N–H and O–H groups in total. The summed E-state index contributed by atoms with van der Waals surface area (Å²) in [5.74, 6) is -1.14. The summed E-state index contributed by atoms with van der Waals surface area (Å²) in [5, 5.41) is 23.3. The Morgan fingerprint density at radius 3 is 2.54 bits per heavy atom. The molecule has 9 nitrogen and oxygen atoms in total. The van der Waals surface area contributed by atoms with E-state index in [1.807, 2.05) is 12.1 Å². The molecule has 5 rings (SSSR count). The first kappa shape index (κ1) is 28.0. The second-order valence-electron chi connectivity index (χ2n) is 9.60. The Kier molecular flexibility index (Phi) is 7.85. The summed E-state index contributed by atoms with van der Waals surface area (Å²) >= 11 is 1.05. The monoisotopic (exact) mass is 574 g/mol. The number of carbonyl (C=O) groups is 2. The van der Waals surface area contributed by atoms with Crippen LogP contribution in [0, 0.1) is 6.92 Å². The maximum absolute atomic E-state index is 13.9. The Morgan fingerprint density at radius 1 is 1.07 bits per heavy atom. The zero-order chi connectivity index (χ0) is 29.3. The normalized spacial score (nSPS) is 11.2. The molecule has 41 heavy (non-hydrogen) atoms. The van der Waals surface area contributed by atoms with Crippen molar-refractivity contribution in [2.75, 3.05) is 13.7 Å². The zero-order valence-electron chi connectivity index (χ0n) is 23.2. The van der Waals surface area contributed by atoms with E-state index in [4.69, 9.17) is 13.9 Å². The number of rotatable bonds is 11. The van der Waals surface area contributed by atoms with Crippen LogP contribution in [0.4, 0.5) is 0 Å². The molecule has 5 aromatic rings. The third-order valence-electron chi connectivity index (χ3n) is 6.74. The van der Waals surface area contributed by atoms with Crippen LogP contribution in [0.2, 0.25) is 0 Å². The summed E-state index contributed by atoms with van der Waals surface area (Å²) < 4.78 is 18.6. The smallest absolute Gasteiger partial charge is 0.242 e. The van der Waals surface area contributed by atoms with Gasteiger partial charge < -0.3 is 24.1 Å². The third-order valence-corrected chi connectivity index (χ3v) is 7.98. The molecule has 0 spiro atoms. The number of benzene rings is 2. The molecule has 2 aromatic carbocycles. The molecule has 212 valence electrons. The standard InChI is InChI=1S/C31H30N2O7S/c1-5-6-9-14-39-22-13-12-20(16-23(22)38-4)26-25(27(35)24-15-19-10-7-8-11-21(19)40-24)28(36)30(37)33(26)31-32-17(2)29(41-31)18(3)34/h7-8,10-13,15-16,36-37H,5-6,9,14H2,1-4H3. The van der Waals surface area contributed by atoms with Crippen LogP contribution in [-0.2, 0) is 0 Å². The SMILES string of the molecule is CCCCCOc1ccc(-c2c(C(=O)c3cc4ccccc4o3)c(O)c(O)n2-c2nc(C)c(C(C)=O)s2)cc1OC. The predicted octanol–water partition coefficient (Wildman–Crippen LogP) is 7.08. The fourth-order valence-electron chi connectivity index (χ4n) is 4.71. The van der Waals surface area contributed by atoms with Gasteiger partial charge in [0.15, 0.2) is 33.9 Å². The van der Waals surface area contributed by atoms with Gasteiger partial charge in [0.2, 0.25) is 11.7 Å². The average molecular weight is 575 g/mol. The van der Waals surface area contributed by atoms with E-state index in [0.717, 1.165) is 30.6 Å². The molecule has 0 aliphatic heterocycles. The minimum atomic E-state index is -0.637. The number of para-hydroxylation sites is 1. The molecule has 3 aromatic heterocycles. The van der Waals surface area contributed by atoms with E-state index in [1.165, 1.54) is 18.6 Å². The average Bonchev–Trinajstić information content (AvgIpc) is 3.64. The molecular formula is C31H30N2O7S. The molecule has 0 amide bonds. The Balaban J connectivity index is 1.71. The number of methoxy groups -OCH3 is 1. The van der Waals surface area contributed by atoms with Crippen LogP contribution in [0.15, 0.2) is 52.9 Å². The zero-order valence-corrected chi connectivity index (χ0v) is 24.0. The summed E-state index contributed by atoms with van der Waals surface area (Å²) in [6, 6.07) is 13.9. The number of thiazole rings is 1. The summed E-state index contributed by atoms with van der Waals surface area (Å²) in [6.07, 6.45) is 2.99. The first-order valence-electron chi connectivity index (χ1n) is 13.2. The fraction of sp³-hybridized carbons (Fsp3) is 0.258. The van der Waals surface area contributed by atoms with Crippen molar-refractivity contribution in [2.24, 2.45) is 0 Å². The highest BCUT2D eigenvalue weighted by atomic mass is 32.1. The van der Waals surface area contributed by atoms with Gasteiger partial charge in [-0.05, 0) is 43.7 Å². The number of aromatic hydroxyl groups is 2. The molecule has 0 saturated heterocycles. The van der Waals surface area contributed by atoms with Crippen LogP contribution in [0.25, 0.3) is 27.4 Å². The fourth-order valence-corrected chi connectivity index (χ4v) is 5.68. The molecule has 3 heterocycles. The van der Waals surface area contributed by atoms with Gasteiger partial charge in [0.1, 0.15) is 5.58 Å². The molecule has 10 heteroatoms. The van der Waals surface area contributed by atoms with E-state index < -0.39 is 17.4 Å². The number of fused-ring (bicyclic) bond motifs is 1. The molecule has 0 aliphatic rings. The van der Waals surface area contributed by atoms with Gasteiger partial charge in [0.05, 0.1) is 35.5 Å². The first-order chi connectivity index (χ1) is 19.7. The number of Topliss-reactive ketones (excluding diaryl/α,β-unsaturated/α-hetero) is 1. The number of nitrogens with zero attached hydrogens (tertiary/aromatic N) is 2. The molecule has 0 atom stereocenters. The van der Waals surface area contributed by atoms with E-state index in [9.17, 15) is 19.8 Å². The van der Waals surface area contributed by atoms with Gasteiger partial charge in [-0.1, -0.05) is 49.3 Å². The van der Waals surface area contributed by atoms with Crippen LogP contribution in [0.5, 0.6) is 23.1 Å². The molecule has 0 saturated carbocycles. The van der Waals surface area contributed by atoms with E-state index in [-0.39, 0.29) is 27.9 Å². The Morgan fingerprint density at radius 2 is 1.85 bits per heavy atom. The predicted molar refractivity (Wildman–Crippen MR) is 156 cm³/mol. The van der Waals surface area contributed by atoms with Gasteiger partial charge >= 0.3 is 0 Å². The number of aryl methyl sites for hydroxylation is 1. The third kappa shape index (κ3) is 5.18. The van der Waals surface area contributed by atoms with Crippen LogP contribution < -0.4 is 9.47 Å². The van der Waals surface area contributed by atoms with Crippen LogP contribution >= 0.6 is 11.3 Å². The minimum Gasteiger partial charge on any atom is -0.503 e. The largest absolute Gasteiger partial charge is 0.503 e. The topological polar surface area (TPSA) is 124 Å². The van der Waals surface area contributed by atoms with Gasteiger partial charge in [-0.15, -0.1) is 0 Å². The molecule has 0 bridgehead atoms. The van der Waals surface area contributed by atoms with E-state index >= 15 is 0 Å². The highest BCUT2D eigenvalue weighted by Gasteiger charge is 2.33. The van der Waals surface area contributed by atoms with Crippen molar-refractivity contribution in [1.29, 1.82) is 0 Å². The number of carbonyl (C=O) groups excluding carboxylic acids is 2. The van der Waals surface area contributed by atoms with Crippen molar-refractivity contribution in [3.8, 4) is 39.5 Å². The summed E-state index contributed by atoms with van der Waals surface area (Å²) in [4.78, 5) is 31.0. The molecule has 0 radical (unpaired) electrons. The van der Waals surface area contributed by atoms with Crippen molar-refractivity contribution in [3.05, 3.63) is 70.4 Å². The van der Waals surface area contributed by atoms with Crippen LogP contribution in [0.1, 0.15) is 64.6 Å². The second kappa shape index (κ2) is 11.5. The lowest BCUT2D eigenvalue weighted by atomic mass is 10.0. The Bertz CT molecular complexity index is 1730. The second-order valence-corrected chi connectivity index (χ2v) is 10.6. The molecule has 0 aliphatic carbocycles. The lowest BCUT2D eigenvalue weighted by Crippen LogP contribution is -2.05. The van der Waals surface area contributed by atoms with Gasteiger partial charge in [-0.25, -0.2) is 4.98 Å². The van der Waals surface area contributed by atoms with Crippen molar-refractivity contribution in [3.63, 3.8) is 0 Å². The van der Waals surface area contributed by atoms with Crippen LogP contribution in [0.3, 0.4) is 0 Å². The van der Waals surface area contributed by atoms with Gasteiger partial charge in [-0.3, -0.25) is 14.2 Å². The lowest BCUT2D eigenvalue weighted by Gasteiger charge is -2.14. The maximum atomic E-state index is 13.9. The first-order valence-corrected chi connectivity index (χ1v) is 14.1. The number of hydrogen-bond acceptors (Lipinski definition) is 9. The van der Waals surface area contributed by atoms with Crippen LogP contribution in [-0.4, -0.2) is 45.0 Å². The Labute approximate surface area is 240 Å². The number of furan rings is 1.